The Bertz CT molecular complexity index is 1300. The van der Waals surface area contributed by atoms with Crippen molar-refractivity contribution in [2.75, 3.05) is 37.8 Å². The fourth-order valence-electron chi connectivity index (χ4n) is 5.48. The Morgan fingerprint density at radius 2 is 2.03 bits per heavy atom. The van der Waals surface area contributed by atoms with Crippen molar-refractivity contribution in [3.8, 4) is 0 Å². The first-order chi connectivity index (χ1) is 18.0. The smallest absolute Gasteiger partial charge is 0.310 e. The molecule has 4 rings (SSSR count). The molecule has 2 aromatic carbocycles. The molecule has 3 aromatic rings. The number of nitrogens with zero attached hydrogens (tertiary/aromatic N) is 3. The number of nitrogens with one attached hydrogen (secondary N) is 1. The third-order valence-electron chi connectivity index (χ3n) is 7.95. The number of imidazole rings is 1. The van der Waals surface area contributed by atoms with Crippen LogP contribution in [0.3, 0.4) is 0 Å². The molecule has 204 valence electrons. The SMILES string of the molecule is CNc1ccc(C(c2ccc(C)c(Cn3ccnc3CN3CCOC(C)C3)c2)C(C)(C)C(=O)O)c(C)c1N. The van der Waals surface area contributed by atoms with E-state index < -0.39 is 11.4 Å². The molecule has 1 aliphatic rings. The maximum absolute atomic E-state index is 12.5. The van der Waals surface area contributed by atoms with Gasteiger partial charge >= 0.3 is 5.97 Å². The number of hydrogen-bond donors (Lipinski definition) is 3. The van der Waals surface area contributed by atoms with Crippen molar-refractivity contribution in [3.63, 3.8) is 0 Å². The van der Waals surface area contributed by atoms with Crippen LogP contribution in [-0.4, -0.2) is 58.4 Å². The number of aryl methyl sites for hydroxylation is 1. The van der Waals surface area contributed by atoms with Gasteiger partial charge in [0.05, 0.1) is 36.0 Å². The van der Waals surface area contributed by atoms with Crippen molar-refractivity contribution in [2.45, 2.75) is 59.7 Å². The van der Waals surface area contributed by atoms with Crippen LogP contribution in [0.25, 0.3) is 0 Å². The van der Waals surface area contributed by atoms with E-state index in [2.05, 4.69) is 51.8 Å². The minimum absolute atomic E-state index is 0.222. The molecule has 0 bridgehead atoms. The lowest BCUT2D eigenvalue weighted by Crippen LogP contribution is -2.41. The summed E-state index contributed by atoms with van der Waals surface area (Å²) in [5, 5.41) is 13.4. The lowest BCUT2D eigenvalue weighted by molar-refractivity contribution is -0.147. The van der Waals surface area contributed by atoms with Crippen molar-refractivity contribution in [2.24, 2.45) is 5.41 Å². The molecule has 0 radical (unpaired) electrons. The number of ether oxygens (including phenoxy) is 1. The Morgan fingerprint density at radius 3 is 2.71 bits per heavy atom. The van der Waals surface area contributed by atoms with E-state index >= 15 is 0 Å². The number of benzene rings is 2. The number of aromatic nitrogens is 2. The average Bonchev–Trinajstić information content (AvgIpc) is 3.30. The van der Waals surface area contributed by atoms with Gasteiger partial charge in [0, 0.05) is 45.0 Å². The van der Waals surface area contributed by atoms with Crippen LogP contribution in [-0.2, 0) is 22.6 Å². The Labute approximate surface area is 225 Å². The van der Waals surface area contributed by atoms with Crippen LogP contribution in [0, 0.1) is 19.3 Å². The maximum Gasteiger partial charge on any atom is 0.310 e. The number of rotatable bonds is 9. The minimum atomic E-state index is -1.06. The highest BCUT2D eigenvalue weighted by molar-refractivity contribution is 5.78. The quantitative estimate of drug-likeness (QED) is 0.354. The third-order valence-corrected chi connectivity index (χ3v) is 7.95. The number of carboxylic acid groups (broad SMARTS) is 1. The van der Waals surface area contributed by atoms with E-state index in [9.17, 15) is 9.90 Å². The van der Waals surface area contributed by atoms with Gasteiger partial charge < -0.3 is 25.5 Å². The highest BCUT2D eigenvalue weighted by Gasteiger charge is 2.40. The lowest BCUT2D eigenvalue weighted by Gasteiger charge is -2.33. The summed E-state index contributed by atoms with van der Waals surface area (Å²) in [5.41, 5.74) is 11.9. The summed E-state index contributed by atoms with van der Waals surface area (Å²) in [5.74, 6) is -0.223. The molecule has 0 spiro atoms. The molecule has 2 atom stereocenters. The van der Waals surface area contributed by atoms with E-state index in [0.717, 1.165) is 65.6 Å². The largest absolute Gasteiger partial charge is 0.481 e. The number of nitrogen functional groups attached to an aromatic ring is 1. The van der Waals surface area contributed by atoms with E-state index in [1.165, 1.54) is 0 Å². The molecule has 2 heterocycles. The van der Waals surface area contributed by atoms with E-state index in [-0.39, 0.29) is 12.0 Å². The van der Waals surface area contributed by atoms with Crippen LogP contribution in [0.4, 0.5) is 11.4 Å². The van der Waals surface area contributed by atoms with Gasteiger partial charge in [0.25, 0.3) is 0 Å². The predicted octanol–water partition coefficient (Wildman–Crippen LogP) is 4.64. The van der Waals surface area contributed by atoms with Gasteiger partial charge in [-0.25, -0.2) is 4.98 Å². The predicted molar refractivity (Wildman–Crippen MR) is 152 cm³/mol. The number of carbonyl (C=O) groups is 1. The van der Waals surface area contributed by atoms with E-state index in [0.29, 0.717) is 12.2 Å². The van der Waals surface area contributed by atoms with Crippen molar-refractivity contribution in [3.05, 3.63) is 76.4 Å². The molecule has 38 heavy (non-hydrogen) atoms. The summed E-state index contributed by atoms with van der Waals surface area (Å²) in [6.07, 6.45) is 4.09. The molecule has 1 aromatic heterocycles. The molecule has 0 saturated carbocycles. The van der Waals surface area contributed by atoms with E-state index in [1.807, 2.05) is 38.5 Å². The zero-order valence-electron chi connectivity index (χ0n) is 23.4. The fraction of sp³-hybridized carbons (Fsp3) is 0.467. The highest BCUT2D eigenvalue weighted by Crippen LogP contribution is 2.45. The van der Waals surface area contributed by atoms with Gasteiger partial charge in [-0.15, -0.1) is 0 Å². The standard InChI is InChI=1S/C30H41N5O3/c1-19-7-8-22(27(30(4,5)29(36)37)24-9-10-25(32-6)28(31)21(24)3)15-23(19)17-35-12-11-33-26(35)18-34-13-14-38-20(2)16-34/h7-12,15,20,27,32H,13-14,16-18,31H2,1-6H3,(H,36,37). The van der Waals surface area contributed by atoms with Gasteiger partial charge in [-0.3, -0.25) is 9.69 Å². The number of carboxylic acids is 1. The third kappa shape index (κ3) is 5.56. The molecule has 2 unspecified atom stereocenters. The van der Waals surface area contributed by atoms with Gasteiger partial charge in [-0.2, -0.15) is 0 Å². The Kier molecular flexibility index (Phi) is 8.13. The summed E-state index contributed by atoms with van der Waals surface area (Å²) < 4.78 is 7.88. The summed E-state index contributed by atoms with van der Waals surface area (Å²) in [6.45, 7) is 13.7. The molecule has 1 fully saturated rings. The second-order valence-corrected chi connectivity index (χ2v) is 11.0. The molecular formula is C30H41N5O3. The fourth-order valence-corrected chi connectivity index (χ4v) is 5.48. The molecular weight excluding hydrogens is 478 g/mol. The number of anilines is 2. The Morgan fingerprint density at radius 1 is 1.26 bits per heavy atom. The van der Waals surface area contributed by atoms with Crippen LogP contribution in [0.15, 0.2) is 42.7 Å². The van der Waals surface area contributed by atoms with Crippen LogP contribution in [0.1, 0.15) is 60.3 Å². The molecule has 1 aliphatic heterocycles. The molecule has 8 nitrogen and oxygen atoms in total. The van der Waals surface area contributed by atoms with Crippen molar-refractivity contribution >= 4 is 17.3 Å². The second kappa shape index (κ2) is 11.2. The van der Waals surface area contributed by atoms with Crippen molar-refractivity contribution < 1.29 is 14.6 Å². The van der Waals surface area contributed by atoms with Gasteiger partial charge in [0.1, 0.15) is 5.82 Å². The number of aliphatic carboxylic acids is 1. The Hall–Kier alpha value is -3.36. The summed E-state index contributed by atoms with van der Waals surface area (Å²) in [6, 6.07) is 10.2. The summed E-state index contributed by atoms with van der Waals surface area (Å²) in [7, 11) is 1.83. The van der Waals surface area contributed by atoms with E-state index in [1.54, 1.807) is 13.8 Å². The first kappa shape index (κ1) is 27.7. The van der Waals surface area contributed by atoms with Gasteiger partial charge in [0.2, 0.25) is 0 Å². The van der Waals surface area contributed by atoms with E-state index in [4.69, 9.17) is 10.5 Å². The zero-order chi connectivity index (χ0) is 27.6. The minimum Gasteiger partial charge on any atom is -0.481 e. The van der Waals surface area contributed by atoms with Crippen LogP contribution >= 0.6 is 0 Å². The first-order valence-electron chi connectivity index (χ1n) is 13.3. The normalized spacial score (nSPS) is 17.4. The summed E-state index contributed by atoms with van der Waals surface area (Å²) >= 11 is 0. The number of nitrogens with two attached hydrogens (primary N) is 1. The van der Waals surface area contributed by atoms with Crippen LogP contribution < -0.4 is 11.1 Å². The zero-order valence-corrected chi connectivity index (χ0v) is 23.4. The maximum atomic E-state index is 12.5. The van der Waals surface area contributed by atoms with Crippen LogP contribution in [0.2, 0.25) is 0 Å². The molecule has 0 amide bonds. The molecule has 1 saturated heterocycles. The molecule has 8 heteroatoms. The number of hydrogen-bond acceptors (Lipinski definition) is 6. The van der Waals surface area contributed by atoms with Gasteiger partial charge in [-0.05, 0) is 68.5 Å². The van der Waals surface area contributed by atoms with Gasteiger partial charge in [0.15, 0.2) is 0 Å². The lowest BCUT2D eigenvalue weighted by atomic mass is 9.69. The highest BCUT2D eigenvalue weighted by atomic mass is 16.5. The monoisotopic (exact) mass is 519 g/mol. The molecule has 4 N–H and O–H groups in total. The second-order valence-electron chi connectivity index (χ2n) is 11.0. The van der Waals surface area contributed by atoms with Crippen molar-refractivity contribution in [1.82, 2.24) is 14.5 Å². The summed E-state index contributed by atoms with van der Waals surface area (Å²) in [4.78, 5) is 19.6. The first-order valence-corrected chi connectivity index (χ1v) is 13.3. The Balaban J connectivity index is 1.71. The van der Waals surface area contributed by atoms with Crippen molar-refractivity contribution in [1.29, 1.82) is 0 Å². The molecule has 0 aliphatic carbocycles. The van der Waals surface area contributed by atoms with Crippen LogP contribution in [0.5, 0.6) is 0 Å². The number of morpholine rings is 1. The average molecular weight is 520 g/mol. The van der Waals surface area contributed by atoms with Gasteiger partial charge in [-0.1, -0.05) is 24.3 Å². The topological polar surface area (TPSA) is 106 Å².